The molecule has 0 unspecified atom stereocenters. The number of para-hydroxylation sites is 2. The van der Waals surface area contributed by atoms with Gasteiger partial charge in [-0.05, 0) is 95.3 Å². The maximum atomic E-state index is 5.43. The summed E-state index contributed by atoms with van der Waals surface area (Å²) in [7, 11) is 1.96. The zero-order chi connectivity index (χ0) is 41.2. The Bertz CT molecular complexity index is 2570. The normalized spacial score (nSPS) is 14.3. The molecule has 8 rings (SSSR count). The van der Waals surface area contributed by atoms with Gasteiger partial charge < -0.3 is 10.3 Å². The first-order valence-electron chi connectivity index (χ1n) is 20.1. The molecule has 0 fully saturated rings. The minimum Gasteiger partial charge on any atom is -0.399 e. The first-order chi connectivity index (χ1) is 28.4. The standard InChI is InChI=1S/C45H39N3S.C6H9N.C2H6/c1-4-18-38-40(5-2)47-41-28-16-15-27-36(41)42-43(47)39(45(38,32-20-9-6-10-21-32)33-22-11-7-12-23-33)30-37(44(42)49)31-19-17-26-35(29-31)48(46-3)34-24-13-8-14-25-34;1-3-5-6(7)4-2;1-2/h5-30,46,49H,4H2,1-3H3;3-5H,1-2,7H2;1-2H3/b38-18+,40-5+;6-5+;. The fraction of sp³-hybridized carbons (Fsp3) is 0.132. The molecule has 2 heterocycles. The van der Waals surface area contributed by atoms with E-state index in [2.05, 4.69) is 194 Å². The molecule has 0 spiro atoms. The van der Waals surface area contributed by atoms with Crippen molar-refractivity contribution in [3.05, 3.63) is 217 Å². The van der Waals surface area contributed by atoms with E-state index in [4.69, 9.17) is 18.4 Å². The molecule has 0 atom stereocenters. The molecule has 1 aliphatic rings. The first kappa shape index (κ1) is 41.4. The summed E-state index contributed by atoms with van der Waals surface area (Å²) in [5.74, 6) is 0. The largest absolute Gasteiger partial charge is 0.399 e. The smallest absolute Gasteiger partial charge is 0.0739 e. The highest BCUT2D eigenvalue weighted by molar-refractivity contribution is 7.80. The number of hydrogen-bond donors (Lipinski definition) is 3. The number of nitrogens with zero attached hydrogens (tertiary/aromatic N) is 2. The highest BCUT2D eigenvalue weighted by atomic mass is 32.1. The summed E-state index contributed by atoms with van der Waals surface area (Å²) in [5, 5.41) is 4.50. The zero-order valence-electron chi connectivity index (χ0n) is 34.3. The lowest BCUT2D eigenvalue weighted by molar-refractivity contribution is 0.725. The summed E-state index contributed by atoms with van der Waals surface area (Å²) in [6.07, 6.45) is 10.5. The molecule has 4 nitrogen and oxygen atoms in total. The van der Waals surface area contributed by atoms with Gasteiger partial charge in [0.1, 0.15) is 0 Å². The first-order valence-corrected chi connectivity index (χ1v) is 20.5. The van der Waals surface area contributed by atoms with Gasteiger partial charge in [-0.25, -0.2) is 5.43 Å². The van der Waals surface area contributed by atoms with Crippen molar-refractivity contribution >= 4 is 51.5 Å². The SMILES string of the molecule is C/C=C1\C(=C/CC)C(c2ccccc2)(c2ccccc2)c2cc(-c3cccc(N(NC)c4ccccc4)c3)c(S)c3c4ccccc4n1c23.C=C/C=C(/N)C=C.CC. The number of anilines is 2. The molecule has 0 amide bonds. The quantitative estimate of drug-likeness (QED) is 0.0777. The highest BCUT2D eigenvalue weighted by Crippen LogP contribution is 2.58. The molecular weight excluding hydrogens is 725 g/mol. The van der Waals surface area contributed by atoms with Gasteiger partial charge in [0.05, 0.1) is 27.8 Å². The molecular formula is C53H54N4S. The van der Waals surface area contributed by atoms with Crippen LogP contribution in [0.4, 0.5) is 11.4 Å². The number of thiol groups is 1. The number of benzene rings is 6. The van der Waals surface area contributed by atoms with Gasteiger partial charge in [0, 0.05) is 34.1 Å². The Kier molecular flexibility index (Phi) is 13.4. The molecule has 1 aromatic heterocycles. The summed E-state index contributed by atoms with van der Waals surface area (Å²) >= 11 is 5.43. The van der Waals surface area contributed by atoms with Crippen LogP contribution in [0.15, 0.2) is 205 Å². The van der Waals surface area contributed by atoms with Crippen molar-refractivity contribution in [1.29, 1.82) is 0 Å². The van der Waals surface area contributed by atoms with Crippen LogP contribution in [-0.2, 0) is 5.41 Å². The van der Waals surface area contributed by atoms with E-state index in [-0.39, 0.29) is 0 Å². The van der Waals surface area contributed by atoms with Crippen LogP contribution < -0.4 is 16.2 Å². The van der Waals surface area contributed by atoms with E-state index in [9.17, 15) is 0 Å². The fourth-order valence-electron chi connectivity index (χ4n) is 8.28. The van der Waals surface area contributed by atoms with Crippen LogP contribution in [0.25, 0.3) is 38.6 Å². The van der Waals surface area contributed by atoms with Crippen molar-refractivity contribution in [2.45, 2.75) is 44.4 Å². The maximum Gasteiger partial charge on any atom is 0.0739 e. The van der Waals surface area contributed by atoms with Crippen molar-refractivity contribution in [3.63, 3.8) is 0 Å². The average Bonchev–Trinajstić information content (AvgIpc) is 3.63. The molecule has 6 aromatic carbocycles. The Morgan fingerprint density at radius 2 is 1.38 bits per heavy atom. The number of nitrogens with two attached hydrogens (primary N) is 1. The van der Waals surface area contributed by atoms with E-state index < -0.39 is 5.41 Å². The van der Waals surface area contributed by atoms with Gasteiger partial charge in [0.15, 0.2) is 0 Å². The lowest BCUT2D eigenvalue weighted by atomic mass is 9.61. The third-order valence-electron chi connectivity index (χ3n) is 10.5. The predicted molar refractivity (Wildman–Crippen MR) is 255 cm³/mol. The van der Waals surface area contributed by atoms with Crippen molar-refractivity contribution in [1.82, 2.24) is 9.99 Å². The van der Waals surface area contributed by atoms with E-state index in [1.54, 1.807) is 18.2 Å². The number of hydrazine groups is 1. The monoisotopic (exact) mass is 778 g/mol. The van der Waals surface area contributed by atoms with Crippen molar-refractivity contribution < 1.29 is 0 Å². The molecule has 0 saturated heterocycles. The second kappa shape index (κ2) is 18.8. The summed E-state index contributed by atoms with van der Waals surface area (Å²) in [5.41, 5.74) is 21.7. The molecule has 0 radical (unpaired) electrons. The lowest BCUT2D eigenvalue weighted by Gasteiger charge is -2.44. The van der Waals surface area contributed by atoms with Crippen LogP contribution in [0.3, 0.4) is 0 Å². The number of aromatic nitrogens is 1. The molecule has 0 aliphatic carbocycles. The number of hydrogen-bond acceptors (Lipinski definition) is 4. The van der Waals surface area contributed by atoms with Crippen molar-refractivity contribution in [3.8, 4) is 11.1 Å². The van der Waals surface area contributed by atoms with Crippen LogP contribution in [0, 0.1) is 0 Å². The topological polar surface area (TPSA) is 46.2 Å². The minimum absolute atomic E-state index is 0.572. The van der Waals surface area contributed by atoms with Crippen LogP contribution in [0.1, 0.15) is 50.8 Å². The van der Waals surface area contributed by atoms with Crippen LogP contribution in [-0.4, -0.2) is 11.6 Å². The van der Waals surface area contributed by atoms with Crippen LogP contribution in [0.2, 0.25) is 0 Å². The van der Waals surface area contributed by atoms with Gasteiger partial charge in [0.25, 0.3) is 0 Å². The van der Waals surface area contributed by atoms with E-state index in [0.717, 1.165) is 33.8 Å². The van der Waals surface area contributed by atoms with Crippen molar-refractivity contribution in [2.75, 3.05) is 12.1 Å². The zero-order valence-corrected chi connectivity index (χ0v) is 35.2. The van der Waals surface area contributed by atoms with Gasteiger partial charge in [-0.15, -0.1) is 12.6 Å². The number of nitrogens with one attached hydrogen (secondary N) is 1. The predicted octanol–water partition coefficient (Wildman–Crippen LogP) is 13.8. The van der Waals surface area contributed by atoms with E-state index in [1.807, 2.05) is 27.0 Å². The lowest BCUT2D eigenvalue weighted by Crippen LogP contribution is -2.37. The van der Waals surface area contributed by atoms with Crippen LogP contribution >= 0.6 is 12.6 Å². The second-order valence-corrected chi connectivity index (χ2v) is 14.1. The Balaban J connectivity index is 0.000000572. The Morgan fingerprint density at radius 1 is 0.793 bits per heavy atom. The molecule has 292 valence electrons. The van der Waals surface area contributed by atoms with Gasteiger partial charge in [-0.1, -0.05) is 161 Å². The summed E-state index contributed by atoms with van der Waals surface area (Å²) in [6, 6.07) is 52.6. The third-order valence-corrected chi connectivity index (χ3v) is 11.0. The van der Waals surface area contributed by atoms with Crippen LogP contribution in [0.5, 0.6) is 0 Å². The van der Waals surface area contributed by atoms with Gasteiger partial charge >= 0.3 is 0 Å². The van der Waals surface area contributed by atoms with Gasteiger partial charge in [0.2, 0.25) is 0 Å². The third kappa shape index (κ3) is 7.35. The average molecular weight is 779 g/mol. The molecule has 58 heavy (non-hydrogen) atoms. The maximum absolute atomic E-state index is 5.43. The Morgan fingerprint density at radius 3 is 1.93 bits per heavy atom. The van der Waals surface area contributed by atoms with Gasteiger partial charge in [-0.3, -0.25) is 5.01 Å². The highest BCUT2D eigenvalue weighted by Gasteiger charge is 2.47. The molecule has 1 aliphatic heterocycles. The fourth-order valence-corrected chi connectivity index (χ4v) is 8.70. The van der Waals surface area contributed by atoms with E-state index in [0.29, 0.717) is 5.70 Å². The molecule has 5 heteroatoms. The molecule has 3 N–H and O–H groups in total. The van der Waals surface area contributed by atoms with E-state index in [1.165, 1.54) is 49.8 Å². The summed E-state index contributed by atoms with van der Waals surface area (Å²) in [6.45, 7) is 15.3. The Hall–Kier alpha value is -6.27. The number of fused-ring (bicyclic) bond motifs is 3. The minimum atomic E-state index is -0.572. The van der Waals surface area contributed by atoms with E-state index >= 15 is 0 Å². The second-order valence-electron chi connectivity index (χ2n) is 13.6. The molecule has 0 bridgehead atoms. The molecule has 0 saturated carbocycles. The summed E-state index contributed by atoms with van der Waals surface area (Å²) < 4.78 is 2.49. The molecule has 7 aromatic rings. The number of rotatable bonds is 9. The number of allylic oxidation sites excluding steroid dienone is 7. The Labute approximate surface area is 350 Å². The summed E-state index contributed by atoms with van der Waals surface area (Å²) in [4.78, 5) is 0.981. The van der Waals surface area contributed by atoms with Crippen molar-refractivity contribution in [2.24, 2.45) is 5.73 Å². The van der Waals surface area contributed by atoms with Gasteiger partial charge in [-0.2, -0.15) is 0 Å².